The molecule has 1 aliphatic rings. The maximum Gasteiger partial charge on any atom is 0.289 e. The molecule has 1 amide bonds. The lowest BCUT2D eigenvalue weighted by Gasteiger charge is -2.35. The molecule has 0 saturated carbocycles. The molecule has 1 saturated heterocycles. The number of hydrogen-bond donors (Lipinski definition) is 0. The fraction of sp³-hybridized carbons (Fsp3) is 0.286. The van der Waals surface area contributed by atoms with Crippen LogP contribution in [0.2, 0.25) is 5.02 Å². The Morgan fingerprint density at radius 1 is 1.33 bits per heavy atom. The van der Waals surface area contributed by atoms with Crippen LogP contribution in [0.3, 0.4) is 0 Å². The highest BCUT2D eigenvalue weighted by Crippen LogP contribution is 2.21. The number of aromatic nitrogens is 1. The second kappa shape index (κ2) is 5.73. The minimum atomic E-state index is -0.451. The van der Waals surface area contributed by atoms with E-state index >= 15 is 0 Å². The summed E-state index contributed by atoms with van der Waals surface area (Å²) in [4.78, 5) is 19.6. The highest BCUT2D eigenvalue weighted by Gasteiger charge is 2.25. The molecule has 7 heteroatoms. The summed E-state index contributed by atoms with van der Waals surface area (Å²) in [7, 11) is 0. The minimum absolute atomic E-state index is 0.149. The Balaban J connectivity index is 1.66. The minimum Gasteiger partial charge on any atom is -0.459 e. The SMILES string of the molecule is O=C(c1ccco1)N1CCN(c2ncc(Cl)cc2F)CC1. The van der Waals surface area contributed by atoms with Gasteiger partial charge in [-0.3, -0.25) is 4.79 Å². The van der Waals surface area contributed by atoms with E-state index < -0.39 is 5.82 Å². The van der Waals surface area contributed by atoms with Gasteiger partial charge in [0.2, 0.25) is 0 Å². The van der Waals surface area contributed by atoms with Crippen LogP contribution in [0.5, 0.6) is 0 Å². The van der Waals surface area contributed by atoms with Crippen LogP contribution in [0.1, 0.15) is 10.6 Å². The fourth-order valence-corrected chi connectivity index (χ4v) is 2.46. The van der Waals surface area contributed by atoms with Gasteiger partial charge in [-0.2, -0.15) is 0 Å². The van der Waals surface area contributed by atoms with E-state index in [0.717, 1.165) is 0 Å². The number of pyridine rings is 1. The smallest absolute Gasteiger partial charge is 0.289 e. The van der Waals surface area contributed by atoms with Crippen LogP contribution in [0.4, 0.5) is 10.2 Å². The van der Waals surface area contributed by atoms with Crippen LogP contribution in [0.15, 0.2) is 35.1 Å². The predicted octanol–water partition coefficient (Wildman–Crippen LogP) is 2.43. The Labute approximate surface area is 125 Å². The zero-order valence-electron chi connectivity index (χ0n) is 11.1. The van der Waals surface area contributed by atoms with Gasteiger partial charge in [-0.15, -0.1) is 0 Å². The number of carbonyl (C=O) groups is 1. The molecule has 2 aromatic heterocycles. The molecule has 0 unspecified atom stereocenters. The zero-order valence-corrected chi connectivity index (χ0v) is 11.9. The summed E-state index contributed by atoms with van der Waals surface area (Å²) in [6.07, 6.45) is 2.89. The molecule has 0 aliphatic carbocycles. The van der Waals surface area contributed by atoms with E-state index in [4.69, 9.17) is 16.0 Å². The van der Waals surface area contributed by atoms with E-state index in [1.54, 1.807) is 21.9 Å². The number of anilines is 1. The van der Waals surface area contributed by atoms with Gasteiger partial charge in [-0.05, 0) is 18.2 Å². The van der Waals surface area contributed by atoms with Gasteiger partial charge in [0.25, 0.3) is 5.91 Å². The molecule has 0 atom stereocenters. The summed E-state index contributed by atoms with van der Waals surface area (Å²) in [5.74, 6) is -0.0127. The largest absolute Gasteiger partial charge is 0.459 e. The Bertz CT molecular complexity index is 640. The standard InChI is InChI=1S/C14H13ClFN3O2/c15-10-8-11(16)13(17-9-10)18-3-5-19(6-4-18)14(20)12-2-1-7-21-12/h1-2,7-9H,3-6H2. The Morgan fingerprint density at radius 3 is 2.71 bits per heavy atom. The van der Waals surface area contributed by atoms with Gasteiger partial charge in [0, 0.05) is 32.4 Å². The zero-order chi connectivity index (χ0) is 14.8. The third kappa shape index (κ3) is 2.85. The summed E-state index contributed by atoms with van der Waals surface area (Å²) >= 11 is 5.69. The van der Waals surface area contributed by atoms with Crippen molar-refractivity contribution >= 4 is 23.3 Å². The van der Waals surface area contributed by atoms with Crippen LogP contribution in [0.25, 0.3) is 0 Å². The molecule has 3 rings (SSSR count). The molecule has 3 heterocycles. The van der Waals surface area contributed by atoms with Crippen LogP contribution in [0, 0.1) is 5.82 Å². The molecule has 0 aromatic carbocycles. The first kappa shape index (κ1) is 13.9. The number of piperazine rings is 1. The lowest BCUT2D eigenvalue weighted by Crippen LogP contribution is -2.49. The maximum atomic E-state index is 13.8. The lowest BCUT2D eigenvalue weighted by molar-refractivity contribution is 0.0714. The van der Waals surface area contributed by atoms with Gasteiger partial charge < -0.3 is 14.2 Å². The van der Waals surface area contributed by atoms with Crippen molar-refractivity contribution in [1.29, 1.82) is 0 Å². The first-order valence-corrected chi connectivity index (χ1v) is 6.92. The van der Waals surface area contributed by atoms with Crippen LogP contribution >= 0.6 is 11.6 Å². The van der Waals surface area contributed by atoms with E-state index in [1.807, 2.05) is 0 Å². The summed E-state index contributed by atoms with van der Waals surface area (Å²) in [6.45, 7) is 2.00. The number of halogens is 2. The normalized spacial score (nSPS) is 15.3. The van der Waals surface area contributed by atoms with Gasteiger partial charge in [0.05, 0.1) is 11.3 Å². The third-order valence-electron chi connectivity index (χ3n) is 3.39. The summed E-state index contributed by atoms with van der Waals surface area (Å²) in [6, 6.07) is 4.55. The monoisotopic (exact) mass is 309 g/mol. The lowest BCUT2D eigenvalue weighted by atomic mass is 10.2. The molecule has 0 N–H and O–H groups in total. The molecule has 21 heavy (non-hydrogen) atoms. The number of nitrogens with zero attached hydrogens (tertiary/aromatic N) is 3. The Hall–Kier alpha value is -2.08. The highest BCUT2D eigenvalue weighted by atomic mass is 35.5. The number of furan rings is 1. The summed E-state index contributed by atoms with van der Waals surface area (Å²) in [5, 5.41) is 0.267. The van der Waals surface area contributed by atoms with Crippen molar-refractivity contribution in [3.05, 3.63) is 47.3 Å². The van der Waals surface area contributed by atoms with E-state index in [-0.39, 0.29) is 16.7 Å². The first-order valence-electron chi connectivity index (χ1n) is 6.54. The van der Waals surface area contributed by atoms with Crippen molar-refractivity contribution in [3.63, 3.8) is 0 Å². The van der Waals surface area contributed by atoms with Crippen molar-refractivity contribution in [2.24, 2.45) is 0 Å². The Kier molecular flexibility index (Phi) is 3.79. The molecule has 1 fully saturated rings. The molecule has 0 radical (unpaired) electrons. The topological polar surface area (TPSA) is 49.6 Å². The summed E-state index contributed by atoms with van der Waals surface area (Å²) in [5.41, 5.74) is 0. The van der Waals surface area contributed by atoms with Gasteiger partial charge in [0.15, 0.2) is 17.4 Å². The number of rotatable bonds is 2. The number of amides is 1. The third-order valence-corrected chi connectivity index (χ3v) is 3.59. The molecule has 110 valence electrons. The average Bonchev–Trinajstić information content (AvgIpc) is 3.01. The maximum absolute atomic E-state index is 13.8. The number of carbonyl (C=O) groups excluding carboxylic acids is 1. The molecule has 0 bridgehead atoms. The van der Waals surface area contributed by atoms with E-state index in [1.165, 1.54) is 18.5 Å². The van der Waals surface area contributed by atoms with Crippen molar-refractivity contribution in [1.82, 2.24) is 9.88 Å². The van der Waals surface area contributed by atoms with Crippen molar-refractivity contribution in [2.75, 3.05) is 31.1 Å². The Morgan fingerprint density at radius 2 is 2.10 bits per heavy atom. The molecule has 1 aliphatic heterocycles. The van der Waals surface area contributed by atoms with E-state index in [0.29, 0.717) is 31.9 Å². The molecule has 2 aromatic rings. The molecule has 5 nitrogen and oxygen atoms in total. The first-order chi connectivity index (χ1) is 10.1. The molecular weight excluding hydrogens is 297 g/mol. The van der Waals surface area contributed by atoms with Crippen LogP contribution in [-0.2, 0) is 0 Å². The van der Waals surface area contributed by atoms with Gasteiger partial charge in [-0.1, -0.05) is 11.6 Å². The van der Waals surface area contributed by atoms with Crippen molar-refractivity contribution in [3.8, 4) is 0 Å². The predicted molar refractivity (Wildman–Crippen MR) is 76.0 cm³/mol. The second-order valence-corrected chi connectivity index (χ2v) is 5.15. The fourth-order valence-electron chi connectivity index (χ4n) is 2.32. The number of hydrogen-bond acceptors (Lipinski definition) is 4. The van der Waals surface area contributed by atoms with Gasteiger partial charge in [-0.25, -0.2) is 9.37 Å². The summed E-state index contributed by atoms with van der Waals surface area (Å²) < 4.78 is 18.9. The van der Waals surface area contributed by atoms with E-state index in [2.05, 4.69) is 4.98 Å². The highest BCUT2D eigenvalue weighted by molar-refractivity contribution is 6.30. The van der Waals surface area contributed by atoms with Crippen molar-refractivity contribution < 1.29 is 13.6 Å². The molecular formula is C14H13ClFN3O2. The van der Waals surface area contributed by atoms with Crippen LogP contribution in [-0.4, -0.2) is 42.0 Å². The average molecular weight is 310 g/mol. The quantitative estimate of drug-likeness (QED) is 0.855. The van der Waals surface area contributed by atoms with Crippen LogP contribution < -0.4 is 4.90 Å². The van der Waals surface area contributed by atoms with Gasteiger partial charge in [0.1, 0.15) is 0 Å². The second-order valence-electron chi connectivity index (χ2n) is 4.72. The van der Waals surface area contributed by atoms with Gasteiger partial charge >= 0.3 is 0 Å². The van der Waals surface area contributed by atoms with E-state index in [9.17, 15) is 9.18 Å². The van der Waals surface area contributed by atoms with Crippen molar-refractivity contribution in [2.45, 2.75) is 0 Å². The molecule has 0 spiro atoms.